The number of hydrogen-bond acceptors (Lipinski definition) is 7. The molecule has 0 bridgehead atoms. The van der Waals surface area contributed by atoms with Gasteiger partial charge in [0.1, 0.15) is 11.5 Å². The number of Topliss-reactive ketones (excluding diaryl/α,β-unsaturated/α-hetero) is 2. The van der Waals surface area contributed by atoms with Gasteiger partial charge in [0.2, 0.25) is 5.91 Å². The van der Waals surface area contributed by atoms with Crippen molar-refractivity contribution in [3.63, 3.8) is 0 Å². The van der Waals surface area contributed by atoms with Gasteiger partial charge in [-0.05, 0) is 59.2 Å². The van der Waals surface area contributed by atoms with Gasteiger partial charge in [-0.15, -0.1) is 0 Å². The molecule has 208 valence electrons. The van der Waals surface area contributed by atoms with E-state index < -0.39 is 23.4 Å². The Morgan fingerprint density at radius 1 is 0.857 bits per heavy atom. The number of nitrogens with one attached hydrogen (secondary N) is 1. The number of fused-ring (bicyclic) bond motifs is 6. The number of carbonyl (C=O) groups excluding carboxylic acids is 3. The smallest absolute Gasteiger partial charge is 0.238 e. The number of aromatic nitrogens is 1. The minimum Gasteiger partial charge on any atom is -0.493 e. The lowest BCUT2D eigenvalue weighted by atomic mass is 9.62. The average Bonchev–Trinajstić information content (AvgIpc) is 3.52. The van der Waals surface area contributed by atoms with Crippen LogP contribution < -0.4 is 14.8 Å². The molecule has 3 aliphatic rings. The van der Waals surface area contributed by atoms with Crippen molar-refractivity contribution in [2.24, 2.45) is 5.92 Å². The van der Waals surface area contributed by atoms with Crippen molar-refractivity contribution in [2.45, 2.75) is 17.5 Å². The number of pyridine rings is 1. The molecule has 1 fully saturated rings. The SMILES string of the molecule is COc1ccc(C(=O)[C@@H]2[C@@H](C(=O)c3ccncc3)[C@@]3(C(=O)Nc4ccccc43)[C@H]3c4ccccc4C=CN23)cc1OC. The summed E-state index contributed by atoms with van der Waals surface area (Å²) in [6.07, 6.45) is 6.88. The lowest BCUT2D eigenvalue weighted by Crippen LogP contribution is -2.49. The van der Waals surface area contributed by atoms with Gasteiger partial charge in [0.15, 0.2) is 23.1 Å². The van der Waals surface area contributed by atoms with Crippen LogP contribution in [0.1, 0.15) is 43.4 Å². The van der Waals surface area contributed by atoms with Gasteiger partial charge in [0.25, 0.3) is 0 Å². The van der Waals surface area contributed by atoms with Gasteiger partial charge in [-0.25, -0.2) is 0 Å². The Hall–Kier alpha value is -5.24. The zero-order valence-corrected chi connectivity index (χ0v) is 23.0. The van der Waals surface area contributed by atoms with Crippen LogP contribution in [0.2, 0.25) is 0 Å². The fraction of sp³-hybridized carbons (Fsp3) is 0.176. The number of anilines is 1. The number of para-hydroxylation sites is 1. The molecule has 3 aromatic carbocycles. The minimum absolute atomic E-state index is 0.300. The Labute approximate surface area is 242 Å². The van der Waals surface area contributed by atoms with Crippen LogP contribution in [0.3, 0.4) is 0 Å². The van der Waals surface area contributed by atoms with Crippen molar-refractivity contribution < 1.29 is 23.9 Å². The maximum Gasteiger partial charge on any atom is 0.238 e. The summed E-state index contributed by atoms with van der Waals surface area (Å²) < 4.78 is 10.9. The van der Waals surface area contributed by atoms with Crippen LogP contribution >= 0.6 is 0 Å². The van der Waals surface area contributed by atoms with E-state index >= 15 is 0 Å². The third kappa shape index (κ3) is 3.48. The third-order valence-corrected chi connectivity index (χ3v) is 8.75. The first-order valence-electron chi connectivity index (χ1n) is 13.7. The highest BCUT2D eigenvalue weighted by Crippen LogP contribution is 2.62. The van der Waals surface area contributed by atoms with Crippen LogP contribution in [0.25, 0.3) is 6.08 Å². The van der Waals surface area contributed by atoms with E-state index in [4.69, 9.17) is 9.47 Å². The quantitative estimate of drug-likeness (QED) is 0.330. The summed E-state index contributed by atoms with van der Waals surface area (Å²) in [7, 11) is 3.03. The molecule has 7 rings (SSSR count). The Morgan fingerprint density at radius 3 is 2.38 bits per heavy atom. The molecule has 1 saturated heterocycles. The zero-order chi connectivity index (χ0) is 29.0. The molecule has 0 saturated carbocycles. The molecule has 8 heteroatoms. The number of nitrogens with zero attached hydrogens (tertiary/aromatic N) is 2. The largest absolute Gasteiger partial charge is 0.493 e. The molecule has 4 heterocycles. The molecule has 0 aliphatic carbocycles. The summed E-state index contributed by atoms with van der Waals surface area (Å²) in [5.41, 5.74) is 2.49. The first kappa shape index (κ1) is 25.7. The van der Waals surface area contributed by atoms with Gasteiger partial charge in [-0.3, -0.25) is 19.4 Å². The van der Waals surface area contributed by atoms with Gasteiger partial charge >= 0.3 is 0 Å². The van der Waals surface area contributed by atoms with Crippen LogP contribution in [0.15, 0.2) is 97.5 Å². The van der Waals surface area contributed by atoms with Crippen molar-refractivity contribution in [1.82, 2.24) is 9.88 Å². The molecule has 1 spiro atoms. The van der Waals surface area contributed by atoms with E-state index in [1.807, 2.05) is 65.7 Å². The molecule has 4 aromatic rings. The number of methoxy groups -OCH3 is 2. The van der Waals surface area contributed by atoms with Gasteiger partial charge < -0.3 is 19.7 Å². The second kappa shape index (κ2) is 9.69. The molecule has 42 heavy (non-hydrogen) atoms. The number of rotatable bonds is 6. The second-order valence-electron chi connectivity index (χ2n) is 10.6. The standard InChI is InChI=1S/C34H27N3O5/c1-41-26-12-11-22(19-27(26)42-2)31(39)29-28(30(38)21-13-16-35-17-14-21)34(24-9-5-6-10-25(24)36-33(34)40)32-23-8-4-3-7-20(23)15-18-37(29)32/h3-19,28-29,32H,1-2H3,(H,36,40)/t28-,29-,32+,34+/m0/s1. The molecular weight excluding hydrogens is 530 g/mol. The predicted molar refractivity (Wildman–Crippen MR) is 157 cm³/mol. The minimum atomic E-state index is -1.39. The highest BCUT2D eigenvalue weighted by Gasteiger charge is 2.70. The monoisotopic (exact) mass is 557 g/mol. The van der Waals surface area contributed by atoms with Crippen LogP contribution in [-0.4, -0.2) is 47.6 Å². The van der Waals surface area contributed by atoms with Gasteiger partial charge in [0, 0.05) is 35.4 Å². The van der Waals surface area contributed by atoms with E-state index in [9.17, 15) is 14.4 Å². The van der Waals surface area contributed by atoms with Crippen molar-refractivity contribution >= 4 is 29.2 Å². The molecule has 8 nitrogen and oxygen atoms in total. The van der Waals surface area contributed by atoms with Crippen LogP contribution in [0.4, 0.5) is 5.69 Å². The van der Waals surface area contributed by atoms with Crippen LogP contribution in [-0.2, 0) is 10.2 Å². The zero-order valence-electron chi connectivity index (χ0n) is 23.0. The summed E-state index contributed by atoms with van der Waals surface area (Å²) >= 11 is 0. The molecule has 3 aliphatic heterocycles. The summed E-state index contributed by atoms with van der Waals surface area (Å²) in [4.78, 5) is 49.9. The first-order chi connectivity index (χ1) is 20.5. The number of amides is 1. The summed E-state index contributed by atoms with van der Waals surface area (Å²) in [5, 5.41) is 3.06. The van der Waals surface area contributed by atoms with Crippen molar-refractivity contribution in [2.75, 3.05) is 19.5 Å². The van der Waals surface area contributed by atoms with E-state index in [1.165, 1.54) is 14.2 Å². The lowest BCUT2D eigenvalue weighted by Gasteiger charge is -2.38. The molecular formula is C34H27N3O5. The van der Waals surface area contributed by atoms with Gasteiger partial charge in [-0.1, -0.05) is 42.5 Å². The van der Waals surface area contributed by atoms with E-state index in [1.54, 1.807) is 42.7 Å². The maximum absolute atomic E-state index is 14.7. The van der Waals surface area contributed by atoms with E-state index in [-0.39, 0.29) is 17.5 Å². The number of benzene rings is 3. The maximum atomic E-state index is 14.7. The number of hydrogen-bond donors (Lipinski definition) is 1. The van der Waals surface area contributed by atoms with Gasteiger partial charge in [-0.2, -0.15) is 0 Å². The highest BCUT2D eigenvalue weighted by molar-refractivity contribution is 6.16. The molecule has 1 amide bonds. The molecule has 0 unspecified atom stereocenters. The normalized spacial score (nSPS) is 23.1. The molecule has 1 aromatic heterocycles. The first-order valence-corrected chi connectivity index (χ1v) is 13.7. The van der Waals surface area contributed by atoms with Crippen LogP contribution in [0, 0.1) is 5.92 Å². The fourth-order valence-electron chi connectivity index (χ4n) is 7.02. The Morgan fingerprint density at radius 2 is 1.60 bits per heavy atom. The lowest BCUT2D eigenvalue weighted by molar-refractivity contribution is -0.122. The summed E-state index contributed by atoms with van der Waals surface area (Å²) in [6, 6.07) is 21.9. The molecule has 4 atom stereocenters. The van der Waals surface area contributed by atoms with Crippen molar-refractivity contribution in [3.05, 3.63) is 125 Å². The summed E-state index contributed by atoms with van der Waals surface area (Å²) in [5.74, 6) is -1.10. The summed E-state index contributed by atoms with van der Waals surface area (Å²) in [6.45, 7) is 0. The van der Waals surface area contributed by atoms with Crippen molar-refractivity contribution in [3.8, 4) is 11.5 Å². The molecule has 1 N–H and O–H groups in total. The highest BCUT2D eigenvalue weighted by atomic mass is 16.5. The van der Waals surface area contributed by atoms with E-state index in [0.29, 0.717) is 33.9 Å². The third-order valence-electron chi connectivity index (χ3n) is 8.75. The molecule has 0 radical (unpaired) electrons. The topological polar surface area (TPSA) is 97.8 Å². The Bertz CT molecular complexity index is 1790. The second-order valence-corrected chi connectivity index (χ2v) is 10.6. The number of ether oxygens (including phenoxy) is 2. The van der Waals surface area contributed by atoms with E-state index in [0.717, 1.165) is 11.1 Å². The predicted octanol–water partition coefficient (Wildman–Crippen LogP) is 5.08. The Balaban J connectivity index is 1.52. The fourth-order valence-corrected chi connectivity index (χ4v) is 7.02. The van der Waals surface area contributed by atoms with Gasteiger partial charge in [0.05, 0.1) is 26.2 Å². The van der Waals surface area contributed by atoms with E-state index in [2.05, 4.69) is 10.3 Å². The van der Waals surface area contributed by atoms with Crippen LogP contribution in [0.5, 0.6) is 11.5 Å². The van der Waals surface area contributed by atoms with Crippen molar-refractivity contribution in [1.29, 1.82) is 0 Å². The Kier molecular flexibility index (Phi) is 5.93. The number of ketones is 2. The number of carbonyl (C=O) groups is 3. The average molecular weight is 558 g/mol.